The molecular formula is C23H31N3O3. The third kappa shape index (κ3) is 8.25. The van der Waals surface area contributed by atoms with Gasteiger partial charge in [0.1, 0.15) is 5.60 Å². The lowest BCUT2D eigenvalue weighted by atomic mass is 10.1. The highest BCUT2D eigenvalue weighted by Crippen LogP contribution is 2.11. The molecule has 0 saturated carbocycles. The van der Waals surface area contributed by atoms with Crippen LogP contribution < -0.4 is 15.5 Å². The second kappa shape index (κ2) is 10.5. The Hall–Kier alpha value is -3.02. The fourth-order valence-electron chi connectivity index (χ4n) is 2.69. The number of ether oxygens (including phenoxy) is 1. The molecule has 0 heterocycles. The monoisotopic (exact) mass is 397 g/mol. The van der Waals surface area contributed by atoms with Crippen LogP contribution in [0.1, 0.15) is 43.1 Å². The molecule has 0 fully saturated rings. The van der Waals surface area contributed by atoms with Gasteiger partial charge in [-0.25, -0.2) is 4.79 Å². The minimum Gasteiger partial charge on any atom is -0.444 e. The van der Waals surface area contributed by atoms with Crippen LogP contribution in [0.15, 0.2) is 54.6 Å². The maximum absolute atomic E-state index is 12.3. The van der Waals surface area contributed by atoms with E-state index in [9.17, 15) is 9.59 Å². The number of benzene rings is 2. The second-order valence-corrected chi connectivity index (χ2v) is 7.92. The smallest absolute Gasteiger partial charge is 0.407 e. The molecule has 2 N–H and O–H groups in total. The summed E-state index contributed by atoms with van der Waals surface area (Å²) in [5, 5.41) is 5.65. The van der Waals surface area contributed by atoms with Crippen LogP contribution in [0.2, 0.25) is 0 Å². The van der Waals surface area contributed by atoms with E-state index in [0.717, 1.165) is 24.2 Å². The molecule has 6 nitrogen and oxygen atoms in total. The third-order valence-corrected chi connectivity index (χ3v) is 4.20. The van der Waals surface area contributed by atoms with Crippen molar-refractivity contribution >= 4 is 17.7 Å². The average Bonchev–Trinajstić information content (AvgIpc) is 2.69. The first-order valence-corrected chi connectivity index (χ1v) is 9.85. The van der Waals surface area contributed by atoms with Crippen LogP contribution in [0.5, 0.6) is 0 Å². The Labute approximate surface area is 173 Å². The van der Waals surface area contributed by atoms with Crippen LogP contribution in [0.25, 0.3) is 0 Å². The van der Waals surface area contributed by atoms with Gasteiger partial charge in [-0.05, 0) is 57.0 Å². The zero-order valence-electron chi connectivity index (χ0n) is 17.7. The van der Waals surface area contributed by atoms with Crippen molar-refractivity contribution in [1.29, 1.82) is 0 Å². The van der Waals surface area contributed by atoms with Crippen molar-refractivity contribution in [2.24, 2.45) is 0 Å². The number of rotatable bonds is 8. The first-order chi connectivity index (χ1) is 13.7. The molecule has 0 spiro atoms. The molecule has 0 saturated heterocycles. The topological polar surface area (TPSA) is 70.7 Å². The number of carbonyl (C=O) groups excluding carboxylic acids is 2. The highest BCUT2D eigenvalue weighted by Gasteiger charge is 2.15. The highest BCUT2D eigenvalue weighted by atomic mass is 16.6. The van der Waals surface area contributed by atoms with Gasteiger partial charge in [-0.2, -0.15) is 0 Å². The predicted molar refractivity (Wildman–Crippen MR) is 116 cm³/mol. The Morgan fingerprint density at radius 3 is 2.24 bits per heavy atom. The van der Waals surface area contributed by atoms with Crippen molar-refractivity contribution in [3.63, 3.8) is 0 Å². The number of alkyl carbamates (subject to hydrolysis) is 1. The molecule has 0 unspecified atom stereocenters. The summed E-state index contributed by atoms with van der Waals surface area (Å²) in [6, 6.07) is 17.3. The molecule has 2 rings (SSSR count). The van der Waals surface area contributed by atoms with Crippen molar-refractivity contribution < 1.29 is 14.3 Å². The van der Waals surface area contributed by atoms with E-state index in [1.165, 1.54) is 0 Å². The Morgan fingerprint density at radius 2 is 1.62 bits per heavy atom. The van der Waals surface area contributed by atoms with Gasteiger partial charge in [-0.1, -0.05) is 30.3 Å². The van der Waals surface area contributed by atoms with Crippen molar-refractivity contribution in [1.82, 2.24) is 10.6 Å². The van der Waals surface area contributed by atoms with Gasteiger partial charge in [-0.3, -0.25) is 4.79 Å². The summed E-state index contributed by atoms with van der Waals surface area (Å²) >= 11 is 0. The van der Waals surface area contributed by atoms with E-state index in [0.29, 0.717) is 18.7 Å². The molecule has 0 aliphatic rings. The summed E-state index contributed by atoms with van der Waals surface area (Å²) in [6.45, 7) is 7.28. The van der Waals surface area contributed by atoms with E-state index in [1.807, 2.05) is 58.2 Å². The normalized spacial score (nSPS) is 10.9. The lowest BCUT2D eigenvalue weighted by molar-refractivity contribution is 0.0523. The van der Waals surface area contributed by atoms with Gasteiger partial charge in [0.25, 0.3) is 5.91 Å². The molecular weight excluding hydrogens is 366 g/mol. The highest BCUT2D eigenvalue weighted by molar-refractivity contribution is 5.94. The van der Waals surface area contributed by atoms with Crippen LogP contribution in [-0.2, 0) is 11.3 Å². The summed E-state index contributed by atoms with van der Waals surface area (Å²) < 4.78 is 5.20. The molecule has 0 radical (unpaired) electrons. The number of carbonyl (C=O) groups is 2. The summed E-state index contributed by atoms with van der Waals surface area (Å²) in [5.41, 5.74) is 2.14. The number of anilines is 1. The molecule has 0 aliphatic heterocycles. The van der Waals surface area contributed by atoms with Crippen molar-refractivity contribution in [2.45, 2.75) is 39.3 Å². The first-order valence-electron chi connectivity index (χ1n) is 9.85. The van der Waals surface area contributed by atoms with E-state index >= 15 is 0 Å². The standard InChI is InChI=1S/C23H31N3O3/c1-23(2,3)29-22(28)25-17-18-11-13-19(14-12-18)21(27)24-15-8-16-26(4)20-9-6-5-7-10-20/h5-7,9-14H,8,15-17H2,1-4H3,(H,24,27)(H,25,28). The number of amides is 2. The Morgan fingerprint density at radius 1 is 0.966 bits per heavy atom. The SMILES string of the molecule is CN(CCCNC(=O)c1ccc(CNC(=O)OC(C)(C)C)cc1)c1ccccc1. The third-order valence-electron chi connectivity index (χ3n) is 4.20. The molecule has 2 amide bonds. The first kappa shape index (κ1) is 22.3. The van der Waals surface area contributed by atoms with Gasteiger partial charge in [0.2, 0.25) is 0 Å². The molecule has 156 valence electrons. The summed E-state index contributed by atoms with van der Waals surface area (Å²) in [6.07, 6.45) is 0.398. The maximum atomic E-state index is 12.3. The fraction of sp³-hybridized carbons (Fsp3) is 0.391. The zero-order chi connectivity index (χ0) is 21.3. The largest absolute Gasteiger partial charge is 0.444 e. The van der Waals surface area contributed by atoms with Gasteiger partial charge in [0.15, 0.2) is 0 Å². The van der Waals surface area contributed by atoms with Crippen LogP contribution >= 0.6 is 0 Å². The molecule has 0 aromatic heterocycles. The fourth-order valence-corrected chi connectivity index (χ4v) is 2.69. The summed E-state index contributed by atoms with van der Waals surface area (Å²) in [4.78, 5) is 26.1. The minimum atomic E-state index is -0.526. The molecule has 2 aromatic rings. The van der Waals surface area contributed by atoms with Crippen molar-refractivity contribution in [3.8, 4) is 0 Å². The van der Waals surface area contributed by atoms with Gasteiger partial charge >= 0.3 is 6.09 Å². The van der Waals surface area contributed by atoms with E-state index < -0.39 is 11.7 Å². The number of hydrogen-bond acceptors (Lipinski definition) is 4. The Bertz CT molecular complexity index is 783. The number of nitrogens with zero attached hydrogens (tertiary/aromatic N) is 1. The molecule has 2 aromatic carbocycles. The van der Waals surface area contributed by atoms with E-state index in [4.69, 9.17) is 4.74 Å². The summed E-state index contributed by atoms with van der Waals surface area (Å²) in [7, 11) is 2.04. The van der Waals surface area contributed by atoms with Crippen molar-refractivity contribution in [2.75, 3.05) is 25.0 Å². The number of nitrogens with one attached hydrogen (secondary N) is 2. The second-order valence-electron chi connectivity index (χ2n) is 7.92. The minimum absolute atomic E-state index is 0.0981. The maximum Gasteiger partial charge on any atom is 0.407 e. The molecule has 0 aliphatic carbocycles. The van der Waals surface area contributed by atoms with Gasteiger partial charge in [0, 0.05) is 37.9 Å². The molecule has 6 heteroatoms. The predicted octanol–water partition coefficient (Wildman–Crippen LogP) is 3.97. The molecule has 0 bridgehead atoms. The quantitative estimate of drug-likeness (QED) is 0.661. The zero-order valence-corrected chi connectivity index (χ0v) is 17.7. The lowest BCUT2D eigenvalue weighted by Gasteiger charge is -2.19. The number of hydrogen-bond donors (Lipinski definition) is 2. The molecule has 29 heavy (non-hydrogen) atoms. The Balaban J connectivity index is 1.71. The number of para-hydroxylation sites is 1. The lowest BCUT2D eigenvalue weighted by Crippen LogP contribution is -2.32. The van der Waals surface area contributed by atoms with Gasteiger partial charge < -0.3 is 20.3 Å². The van der Waals surface area contributed by atoms with Crippen LogP contribution in [-0.4, -0.2) is 37.7 Å². The van der Waals surface area contributed by atoms with E-state index in [1.54, 1.807) is 12.1 Å². The van der Waals surface area contributed by atoms with E-state index in [2.05, 4.69) is 27.7 Å². The van der Waals surface area contributed by atoms with E-state index in [-0.39, 0.29) is 5.91 Å². The summed E-state index contributed by atoms with van der Waals surface area (Å²) in [5.74, 6) is -0.0981. The van der Waals surface area contributed by atoms with Crippen molar-refractivity contribution in [3.05, 3.63) is 65.7 Å². The van der Waals surface area contributed by atoms with Crippen LogP contribution in [0.4, 0.5) is 10.5 Å². The molecule has 0 atom stereocenters. The average molecular weight is 398 g/mol. The van der Waals surface area contributed by atoms with Gasteiger partial charge in [0.05, 0.1) is 0 Å². The van der Waals surface area contributed by atoms with Crippen LogP contribution in [0.3, 0.4) is 0 Å². The van der Waals surface area contributed by atoms with Gasteiger partial charge in [-0.15, -0.1) is 0 Å². The van der Waals surface area contributed by atoms with Crippen LogP contribution in [0, 0.1) is 0 Å². The Kier molecular flexibility index (Phi) is 8.07.